The third kappa shape index (κ3) is 8.05. The molecule has 38 heavy (non-hydrogen) atoms. The minimum Gasteiger partial charge on any atom is -0.352 e. The van der Waals surface area contributed by atoms with E-state index >= 15 is 0 Å². The van der Waals surface area contributed by atoms with Crippen LogP contribution < -0.4 is 9.62 Å². The lowest BCUT2D eigenvalue weighted by atomic mass is 10.1. The number of hydrogen-bond acceptors (Lipinski definition) is 6. The van der Waals surface area contributed by atoms with Crippen LogP contribution in [0.15, 0.2) is 36.4 Å². The fourth-order valence-electron chi connectivity index (χ4n) is 3.77. The van der Waals surface area contributed by atoms with E-state index in [2.05, 4.69) is 5.32 Å². The van der Waals surface area contributed by atoms with Crippen molar-refractivity contribution in [3.8, 4) is 0 Å². The van der Waals surface area contributed by atoms with Crippen molar-refractivity contribution in [3.05, 3.63) is 67.7 Å². The van der Waals surface area contributed by atoms with Gasteiger partial charge in [-0.15, -0.1) is 0 Å². The summed E-state index contributed by atoms with van der Waals surface area (Å²) in [5, 5.41) is 14.9. The molecule has 0 aliphatic carbocycles. The Balaban J connectivity index is 2.56. The molecule has 0 saturated carbocycles. The quantitative estimate of drug-likeness (QED) is 0.283. The second-order valence-electron chi connectivity index (χ2n) is 9.00. The van der Waals surface area contributed by atoms with E-state index in [4.69, 9.17) is 23.2 Å². The summed E-state index contributed by atoms with van der Waals surface area (Å²) < 4.78 is 26.4. The predicted molar refractivity (Wildman–Crippen MR) is 149 cm³/mol. The van der Waals surface area contributed by atoms with E-state index in [1.54, 1.807) is 26.0 Å². The average Bonchev–Trinajstić information content (AvgIpc) is 2.83. The second kappa shape index (κ2) is 13.3. The number of carbonyl (C=O) groups excluding carboxylic acids is 2. The minimum atomic E-state index is -4.05. The SMILES string of the molecule is CCC(C)NC(=O)C(CC)N(Cc1ccc(Cl)cc1Cl)C(=O)CN(c1cc([N+](=O)[O-])ccc1C)S(C)(=O)=O. The summed E-state index contributed by atoms with van der Waals surface area (Å²) in [7, 11) is -4.05. The molecule has 2 amide bonds. The number of sulfonamides is 1. The Bertz CT molecular complexity index is 1300. The van der Waals surface area contributed by atoms with E-state index in [1.807, 2.05) is 13.8 Å². The largest absolute Gasteiger partial charge is 0.352 e. The van der Waals surface area contributed by atoms with Gasteiger partial charge in [-0.2, -0.15) is 0 Å². The fraction of sp³-hybridized carbons (Fsp3) is 0.440. The zero-order chi connectivity index (χ0) is 28.8. The molecular weight excluding hydrogens is 555 g/mol. The van der Waals surface area contributed by atoms with Crippen molar-refractivity contribution in [1.29, 1.82) is 0 Å². The summed E-state index contributed by atoms with van der Waals surface area (Å²) in [6.45, 7) is 6.30. The Kier molecular flexibility index (Phi) is 10.9. The van der Waals surface area contributed by atoms with Crippen LogP contribution in [-0.2, 0) is 26.2 Å². The number of amides is 2. The Labute approximate surface area is 233 Å². The predicted octanol–water partition coefficient (Wildman–Crippen LogP) is 4.70. The lowest BCUT2D eigenvalue weighted by molar-refractivity contribution is -0.384. The van der Waals surface area contributed by atoms with Gasteiger partial charge in [0, 0.05) is 34.8 Å². The molecule has 0 bridgehead atoms. The number of anilines is 1. The van der Waals surface area contributed by atoms with Crippen LogP contribution in [0.2, 0.25) is 10.0 Å². The lowest BCUT2D eigenvalue weighted by Gasteiger charge is -2.33. The molecule has 1 N–H and O–H groups in total. The first-order valence-electron chi connectivity index (χ1n) is 12.0. The summed E-state index contributed by atoms with van der Waals surface area (Å²) >= 11 is 12.4. The van der Waals surface area contributed by atoms with Crippen molar-refractivity contribution < 1.29 is 22.9 Å². The van der Waals surface area contributed by atoms with Gasteiger partial charge >= 0.3 is 0 Å². The van der Waals surface area contributed by atoms with Gasteiger partial charge < -0.3 is 10.2 Å². The third-order valence-corrected chi connectivity index (χ3v) is 7.81. The summed E-state index contributed by atoms with van der Waals surface area (Å²) in [4.78, 5) is 38.9. The Morgan fingerprint density at radius 1 is 1.11 bits per heavy atom. The first-order valence-corrected chi connectivity index (χ1v) is 14.6. The van der Waals surface area contributed by atoms with E-state index < -0.39 is 39.3 Å². The number of nitrogens with zero attached hydrogens (tertiary/aromatic N) is 3. The van der Waals surface area contributed by atoms with Crippen LogP contribution in [0.4, 0.5) is 11.4 Å². The van der Waals surface area contributed by atoms with Crippen LogP contribution in [0, 0.1) is 17.0 Å². The Hall–Kier alpha value is -2.89. The van der Waals surface area contributed by atoms with Crippen molar-refractivity contribution in [2.75, 3.05) is 17.1 Å². The molecule has 2 aromatic rings. The smallest absolute Gasteiger partial charge is 0.271 e. The highest BCUT2D eigenvalue weighted by Crippen LogP contribution is 2.29. The number of nitro benzene ring substituents is 1. The Morgan fingerprint density at radius 3 is 2.29 bits per heavy atom. The van der Waals surface area contributed by atoms with Crippen LogP contribution in [0.3, 0.4) is 0 Å². The van der Waals surface area contributed by atoms with Gasteiger partial charge in [-0.05, 0) is 49.9 Å². The second-order valence-corrected chi connectivity index (χ2v) is 11.7. The number of nitrogens with one attached hydrogen (secondary N) is 1. The number of aryl methyl sites for hydroxylation is 1. The number of non-ortho nitro benzene ring substituents is 1. The summed E-state index contributed by atoms with van der Waals surface area (Å²) in [6, 6.07) is 7.43. The van der Waals surface area contributed by atoms with E-state index in [9.17, 15) is 28.1 Å². The van der Waals surface area contributed by atoms with Gasteiger partial charge in [0.05, 0.1) is 16.9 Å². The third-order valence-electron chi connectivity index (χ3n) is 6.09. The van der Waals surface area contributed by atoms with Crippen molar-refractivity contribution in [2.45, 2.75) is 59.2 Å². The molecule has 0 spiro atoms. The topological polar surface area (TPSA) is 130 Å². The fourth-order valence-corrected chi connectivity index (χ4v) is 5.14. The van der Waals surface area contributed by atoms with Crippen molar-refractivity contribution in [2.24, 2.45) is 0 Å². The van der Waals surface area contributed by atoms with E-state index in [-0.39, 0.29) is 35.4 Å². The summed E-state index contributed by atoms with van der Waals surface area (Å²) in [5.41, 5.74) is 0.604. The molecule has 0 heterocycles. The molecule has 0 aliphatic rings. The molecule has 13 heteroatoms. The molecule has 0 aliphatic heterocycles. The standard InChI is InChI=1S/C25H32Cl2N4O6S/c1-6-17(4)28-25(33)22(7-2)29(14-18-9-10-19(26)12-21(18)27)24(32)15-30(38(5,36)37)23-13-20(31(34)35)11-8-16(23)3/h8-13,17,22H,6-7,14-15H2,1-5H3,(H,28,33). The van der Waals surface area contributed by atoms with Gasteiger partial charge in [0.25, 0.3) is 5.69 Å². The highest BCUT2D eigenvalue weighted by molar-refractivity contribution is 7.92. The van der Waals surface area contributed by atoms with Gasteiger partial charge in [-0.1, -0.05) is 49.2 Å². The van der Waals surface area contributed by atoms with Gasteiger partial charge in [0.1, 0.15) is 12.6 Å². The highest BCUT2D eigenvalue weighted by Gasteiger charge is 2.33. The Morgan fingerprint density at radius 2 is 1.76 bits per heavy atom. The van der Waals surface area contributed by atoms with Gasteiger partial charge in [0.15, 0.2) is 0 Å². The van der Waals surface area contributed by atoms with Crippen molar-refractivity contribution in [1.82, 2.24) is 10.2 Å². The molecule has 0 aromatic heterocycles. The van der Waals surface area contributed by atoms with E-state index in [1.165, 1.54) is 23.1 Å². The molecule has 0 fully saturated rings. The minimum absolute atomic E-state index is 0.00312. The number of carbonyl (C=O) groups is 2. The summed E-state index contributed by atoms with van der Waals surface area (Å²) in [5.74, 6) is -1.07. The molecule has 2 atom stereocenters. The van der Waals surface area contributed by atoms with Crippen LogP contribution in [-0.4, -0.2) is 54.9 Å². The lowest BCUT2D eigenvalue weighted by Crippen LogP contribution is -2.53. The van der Waals surface area contributed by atoms with Crippen LogP contribution >= 0.6 is 23.2 Å². The molecular formula is C25H32Cl2N4O6S. The number of rotatable bonds is 12. The van der Waals surface area contributed by atoms with Gasteiger partial charge in [-0.3, -0.25) is 24.0 Å². The number of nitro groups is 1. The molecule has 10 nitrogen and oxygen atoms in total. The maximum absolute atomic E-state index is 13.8. The first-order chi connectivity index (χ1) is 17.7. The van der Waals surface area contributed by atoms with Crippen molar-refractivity contribution >= 4 is 56.4 Å². The van der Waals surface area contributed by atoms with Crippen LogP contribution in [0.25, 0.3) is 0 Å². The molecule has 2 rings (SSSR count). The van der Waals surface area contributed by atoms with E-state index in [0.717, 1.165) is 16.6 Å². The molecule has 2 aromatic carbocycles. The van der Waals surface area contributed by atoms with Crippen LogP contribution in [0.1, 0.15) is 44.7 Å². The van der Waals surface area contributed by atoms with E-state index in [0.29, 0.717) is 22.6 Å². The summed E-state index contributed by atoms with van der Waals surface area (Å²) in [6.07, 6.45) is 1.83. The molecule has 208 valence electrons. The van der Waals surface area contributed by atoms with Gasteiger partial charge in [-0.25, -0.2) is 8.42 Å². The van der Waals surface area contributed by atoms with Crippen LogP contribution in [0.5, 0.6) is 0 Å². The zero-order valence-corrected chi connectivity index (χ0v) is 24.2. The highest BCUT2D eigenvalue weighted by atomic mass is 35.5. The molecule has 0 saturated heterocycles. The maximum atomic E-state index is 13.8. The van der Waals surface area contributed by atoms with Crippen molar-refractivity contribution in [3.63, 3.8) is 0 Å². The molecule has 0 radical (unpaired) electrons. The van der Waals surface area contributed by atoms with Gasteiger partial charge in [0.2, 0.25) is 21.8 Å². The first kappa shape index (κ1) is 31.3. The monoisotopic (exact) mass is 586 g/mol. The maximum Gasteiger partial charge on any atom is 0.271 e. The normalized spacial score (nSPS) is 12.9. The molecule has 2 unspecified atom stereocenters. The zero-order valence-electron chi connectivity index (χ0n) is 21.9. The average molecular weight is 588 g/mol. The number of halogens is 2. The number of benzene rings is 2. The number of hydrogen-bond donors (Lipinski definition) is 1.